The van der Waals surface area contributed by atoms with Gasteiger partial charge >= 0.3 is 0 Å². The summed E-state index contributed by atoms with van der Waals surface area (Å²) in [6.45, 7) is 1.81. The Morgan fingerprint density at radius 2 is 1.27 bits per heavy atom. The van der Waals surface area contributed by atoms with Crippen molar-refractivity contribution >= 4 is 23.6 Å². The van der Waals surface area contributed by atoms with Gasteiger partial charge in [-0.1, -0.05) is 72.8 Å². The van der Waals surface area contributed by atoms with Crippen LogP contribution in [0.1, 0.15) is 30.0 Å². The fourth-order valence-electron chi connectivity index (χ4n) is 3.90. The number of hydrogen-bond donors (Lipinski definition) is 6. The van der Waals surface area contributed by atoms with E-state index in [1.807, 2.05) is 60.7 Å². The molecule has 210 valence electrons. The maximum Gasteiger partial charge on any atom is 0.243 e. The van der Waals surface area contributed by atoms with Gasteiger partial charge in [0.15, 0.2) is 0 Å². The van der Waals surface area contributed by atoms with Crippen molar-refractivity contribution in [1.29, 1.82) is 0 Å². The fraction of sp³-hybridized carbons (Fsp3) is 0.267. The molecule has 10 nitrogen and oxygen atoms in total. The molecule has 0 aliphatic rings. The monoisotopic (exact) mass is 545 g/mol. The number of benzene rings is 3. The molecule has 10 heteroatoms. The Balaban J connectivity index is 1.54. The van der Waals surface area contributed by atoms with E-state index in [1.165, 1.54) is 19.1 Å². The Hall–Kier alpha value is -4.70. The number of aromatic hydroxyl groups is 1. The van der Waals surface area contributed by atoms with Crippen LogP contribution in [-0.4, -0.2) is 47.0 Å². The van der Waals surface area contributed by atoms with E-state index in [9.17, 15) is 24.3 Å². The highest BCUT2D eigenvalue weighted by molar-refractivity contribution is 5.97. The summed E-state index contributed by atoms with van der Waals surface area (Å²) in [7, 11) is 0. The molecule has 0 heterocycles. The highest BCUT2D eigenvalue weighted by Gasteiger charge is 2.24. The molecule has 3 aromatic rings. The third-order valence-electron chi connectivity index (χ3n) is 6.07. The number of carbonyl (C=O) groups excluding carboxylic acids is 4. The number of amides is 4. The predicted molar refractivity (Wildman–Crippen MR) is 151 cm³/mol. The summed E-state index contributed by atoms with van der Waals surface area (Å²) >= 11 is 0. The number of carbonyl (C=O) groups is 4. The maximum atomic E-state index is 12.9. The van der Waals surface area contributed by atoms with Gasteiger partial charge in [-0.05, 0) is 42.2 Å². The van der Waals surface area contributed by atoms with Crippen LogP contribution >= 0.6 is 0 Å². The fourth-order valence-corrected chi connectivity index (χ4v) is 3.90. The standard InChI is InChI=1S/C30H35N5O5/c1-20(33-30(40)25(31)16-22-12-14-24(36)15-13-22)29(39)35-26(17-21-8-4-2-5-9-21)34-28(38)18-27(37)32-19-23-10-6-3-7-11-23/h2-15,20,25-26,36H,16-19,31H2,1H3,(H,32,37)(H,33,40)(H,34,38)(H,35,39)/t20-,25+,26+/m1/s1. The molecule has 0 fully saturated rings. The molecule has 0 spiro atoms. The number of rotatable bonds is 13. The normalized spacial score (nSPS) is 12.8. The van der Waals surface area contributed by atoms with E-state index in [2.05, 4.69) is 21.3 Å². The Morgan fingerprint density at radius 3 is 1.90 bits per heavy atom. The van der Waals surface area contributed by atoms with Crippen LogP contribution in [-0.2, 0) is 38.6 Å². The summed E-state index contributed by atoms with van der Waals surface area (Å²) in [4.78, 5) is 50.5. The van der Waals surface area contributed by atoms with Crippen LogP contribution in [0.15, 0.2) is 84.9 Å². The minimum Gasteiger partial charge on any atom is -0.508 e. The van der Waals surface area contributed by atoms with Crippen molar-refractivity contribution in [3.05, 3.63) is 102 Å². The molecule has 0 radical (unpaired) electrons. The van der Waals surface area contributed by atoms with Crippen molar-refractivity contribution in [2.24, 2.45) is 5.73 Å². The van der Waals surface area contributed by atoms with Crippen molar-refractivity contribution in [1.82, 2.24) is 21.3 Å². The number of hydrogen-bond acceptors (Lipinski definition) is 6. The van der Waals surface area contributed by atoms with Gasteiger partial charge in [-0.2, -0.15) is 0 Å². The predicted octanol–water partition coefficient (Wildman–Crippen LogP) is 1.27. The second-order valence-electron chi connectivity index (χ2n) is 9.46. The Bertz CT molecular complexity index is 1270. The van der Waals surface area contributed by atoms with Crippen molar-refractivity contribution in [2.45, 2.75) is 51.0 Å². The zero-order chi connectivity index (χ0) is 28.9. The molecule has 3 rings (SSSR count). The van der Waals surface area contributed by atoms with Crippen molar-refractivity contribution in [2.75, 3.05) is 0 Å². The molecule has 0 bridgehead atoms. The van der Waals surface area contributed by atoms with Gasteiger partial charge in [0.2, 0.25) is 23.6 Å². The van der Waals surface area contributed by atoms with Gasteiger partial charge < -0.3 is 32.1 Å². The summed E-state index contributed by atoms with van der Waals surface area (Å²) in [6, 6.07) is 23.0. The van der Waals surface area contributed by atoms with E-state index >= 15 is 0 Å². The lowest BCUT2D eigenvalue weighted by atomic mass is 10.1. The second kappa shape index (κ2) is 15.0. The van der Waals surface area contributed by atoms with Gasteiger partial charge in [-0.25, -0.2) is 0 Å². The minimum absolute atomic E-state index is 0.108. The summed E-state index contributed by atoms with van der Waals surface area (Å²) in [5, 5.41) is 20.2. The third kappa shape index (κ3) is 10.2. The maximum absolute atomic E-state index is 12.9. The van der Waals surface area contributed by atoms with Crippen LogP contribution in [0.25, 0.3) is 0 Å². The lowest BCUT2D eigenvalue weighted by Crippen LogP contribution is -2.56. The first kappa shape index (κ1) is 29.9. The highest BCUT2D eigenvalue weighted by Crippen LogP contribution is 2.11. The van der Waals surface area contributed by atoms with Gasteiger partial charge in [-0.3, -0.25) is 19.2 Å². The number of nitrogens with two attached hydrogens (primary N) is 1. The molecule has 0 aromatic heterocycles. The first-order chi connectivity index (χ1) is 19.2. The molecule has 40 heavy (non-hydrogen) atoms. The molecular formula is C30H35N5O5. The lowest BCUT2D eigenvalue weighted by Gasteiger charge is -2.23. The lowest BCUT2D eigenvalue weighted by molar-refractivity contribution is -0.131. The van der Waals surface area contributed by atoms with Gasteiger partial charge in [0.1, 0.15) is 24.4 Å². The zero-order valence-corrected chi connectivity index (χ0v) is 22.3. The molecule has 0 aliphatic carbocycles. The SMILES string of the molecule is C[C@@H](NC(=O)[C@@H](N)Cc1ccc(O)cc1)C(=O)N[C@@H](Cc1ccccc1)NC(=O)CC(=O)NCc1ccccc1. The first-order valence-electron chi connectivity index (χ1n) is 13.0. The van der Waals surface area contributed by atoms with Crippen LogP contribution < -0.4 is 27.0 Å². The van der Waals surface area contributed by atoms with E-state index in [1.54, 1.807) is 12.1 Å². The van der Waals surface area contributed by atoms with Crippen LogP contribution in [0.4, 0.5) is 0 Å². The Kier molecular flexibility index (Phi) is 11.2. The van der Waals surface area contributed by atoms with Gasteiger partial charge in [-0.15, -0.1) is 0 Å². The molecule has 4 amide bonds. The molecule has 0 saturated heterocycles. The molecule has 0 saturated carbocycles. The molecule has 7 N–H and O–H groups in total. The van der Waals surface area contributed by atoms with E-state index in [0.29, 0.717) is 6.54 Å². The van der Waals surface area contributed by atoms with E-state index in [-0.39, 0.29) is 18.6 Å². The van der Waals surface area contributed by atoms with Crippen molar-refractivity contribution in [3.63, 3.8) is 0 Å². The average molecular weight is 546 g/mol. The van der Waals surface area contributed by atoms with Crippen molar-refractivity contribution in [3.8, 4) is 5.75 Å². The molecule has 3 aromatic carbocycles. The number of phenols is 1. The summed E-state index contributed by atoms with van der Waals surface area (Å²) in [5.41, 5.74) is 8.53. The summed E-state index contributed by atoms with van der Waals surface area (Å²) < 4.78 is 0. The van der Waals surface area contributed by atoms with E-state index < -0.39 is 48.3 Å². The van der Waals surface area contributed by atoms with Gasteiger partial charge in [0, 0.05) is 13.0 Å². The third-order valence-corrected chi connectivity index (χ3v) is 6.07. The number of phenolic OH excluding ortho intramolecular Hbond substituents is 1. The minimum atomic E-state index is -0.942. The van der Waals surface area contributed by atoms with Crippen LogP contribution in [0.2, 0.25) is 0 Å². The smallest absolute Gasteiger partial charge is 0.243 e. The molecule has 3 atom stereocenters. The number of nitrogens with one attached hydrogen (secondary N) is 4. The van der Waals surface area contributed by atoms with Gasteiger partial charge in [0.25, 0.3) is 0 Å². The quantitative estimate of drug-likeness (QED) is 0.140. The van der Waals surface area contributed by atoms with Crippen LogP contribution in [0, 0.1) is 0 Å². The first-order valence-corrected chi connectivity index (χ1v) is 13.0. The van der Waals surface area contributed by atoms with Crippen LogP contribution in [0.5, 0.6) is 5.75 Å². The summed E-state index contributed by atoms with van der Waals surface area (Å²) in [5.74, 6) is -1.94. The Labute approximate surface area is 233 Å². The Morgan fingerprint density at radius 1 is 0.700 bits per heavy atom. The molecular weight excluding hydrogens is 510 g/mol. The second-order valence-corrected chi connectivity index (χ2v) is 9.46. The topological polar surface area (TPSA) is 163 Å². The average Bonchev–Trinajstić information content (AvgIpc) is 2.94. The van der Waals surface area contributed by atoms with E-state index in [4.69, 9.17) is 5.73 Å². The largest absolute Gasteiger partial charge is 0.508 e. The zero-order valence-electron chi connectivity index (χ0n) is 22.3. The van der Waals surface area contributed by atoms with E-state index in [0.717, 1.165) is 16.7 Å². The van der Waals surface area contributed by atoms with Crippen LogP contribution in [0.3, 0.4) is 0 Å². The molecule has 0 unspecified atom stereocenters. The van der Waals surface area contributed by atoms with Crippen molar-refractivity contribution < 1.29 is 24.3 Å². The molecule has 0 aliphatic heterocycles. The summed E-state index contributed by atoms with van der Waals surface area (Å²) in [6.07, 6.45) is -0.744. The van der Waals surface area contributed by atoms with Gasteiger partial charge in [0.05, 0.1) is 6.04 Å². The highest BCUT2D eigenvalue weighted by atomic mass is 16.3.